The van der Waals surface area contributed by atoms with Crippen LogP contribution in [0.3, 0.4) is 0 Å². The summed E-state index contributed by atoms with van der Waals surface area (Å²) < 4.78 is 0. The van der Waals surface area contributed by atoms with Gasteiger partial charge in [0.05, 0.1) is 22.8 Å². The van der Waals surface area contributed by atoms with E-state index in [2.05, 4.69) is 21.2 Å². The van der Waals surface area contributed by atoms with Gasteiger partial charge in [-0.3, -0.25) is 14.6 Å². The number of rotatable bonds is 5. The zero-order valence-corrected chi connectivity index (χ0v) is 17.1. The van der Waals surface area contributed by atoms with Crippen molar-refractivity contribution < 1.29 is 4.79 Å². The van der Waals surface area contributed by atoms with Gasteiger partial charge in [0.1, 0.15) is 6.04 Å². The molecule has 5 nitrogen and oxygen atoms in total. The summed E-state index contributed by atoms with van der Waals surface area (Å²) in [6.07, 6.45) is 0. The van der Waals surface area contributed by atoms with Gasteiger partial charge in [-0.2, -0.15) is 5.26 Å². The third-order valence-electron chi connectivity index (χ3n) is 5.07. The molecule has 1 amide bonds. The molecular formula is C21H22Cl2N4O. The number of anilines is 1. The van der Waals surface area contributed by atoms with Crippen molar-refractivity contribution in [2.45, 2.75) is 19.0 Å². The van der Waals surface area contributed by atoms with Gasteiger partial charge >= 0.3 is 0 Å². The Morgan fingerprint density at radius 2 is 1.71 bits per heavy atom. The van der Waals surface area contributed by atoms with E-state index >= 15 is 0 Å². The maximum atomic E-state index is 12.6. The SMILES string of the molecule is CC(C(=O)Nc1ccc(Cl)cc1Cl)N1CCN(C(C#N)c2ccccc2)CC1. The van der Waals surface area contributed by atoms with Crippen molar-refractivity contribution in [1.29, 1.82) is 5.26 Å². The highest BCUT2D eigenvalue weighted by molar-refractivity contribution is 6.36. The predicted molar refractivity (Wildman–Crippen MR) is 112 cm³/mol. The second kappa shape index (κ2) is 9.40. The van der Waals surface area contributed by atoms with Crippen LogP contribution in [0.25, 0.3) is 0 Å². The Morgan fingerprint density at radius 3 is 2.32 bits per heavy atom. The third kappa shape index (κ3) is 4.84. The average molecular weight is 417 g/mol. The Bertz CT molecular complexity index is 860. The van der Waals surface area contributed by atoms with Crippen molar-refractivity contribution in [3.8, 4) is 6.07 Å². The Morgan fingerprint density at radius 1 is 1.07 bits per heavy atom. The Labute approximate surface area is 175 Å². The average Bonchev–Trinajstić information content (AvgIpc) is 2.71. The van der Waals surface area contributed by atoms with Crippen molar-refractivity contribution in [2.24, 2.45) is 0 Å². The normalized spacial score (nSPS) is 17.5. The zero-order chi connectivity index (χ0) is 20.1. The summed E-state index contributed by atoms with van der Waals surface area (Å²) in [4.78, 5) is 16.9. The number of nitrogens with one attached hydrogen (secondary N) is 1. The molecule has 0 aliphatic carbocycles. The molecule has 1 N–H and O–H groups in total. The second-order valence-corrected chi connectivity index (χ2v) is 7.65. The van der Waals surface area contributed by atoms with E-state index in [1.165, 1.54) is 0 Å². The molecule has 3 rings (SSSR count). The summed E-state index contributed by atoms with van der Waals surface area (Å²) in [5, 5.41) is 13.4. The molecule has 2 aromatic carbocycles. The van der Waals surface area contributed by atoms with Crippen LogP contribution < -0.4 is 5.32 Å². The molecule has 1 fully saturated rings. The summed E-state index contributed by atoms with van der Waals surface area (Å²) in [5.41, 5.74) is 1.55. The van der Waals surface area contributed by atoms with E-state index in [4.69, 9.17) is 23.2 Å². The van der Waals surface area contributed by atoms with E-state index in [-0.39, 0.29) is 18.0 Å². The van der Waals surface area contributed by atoms with Gasteiger partial charge in [0.2, 0.25) is 5.91 Å². The second-order valence-electron chi connectivity index (χ2n) is 6.80. The van der Waals surface area contributed by atoms with Gasteiger partial charge in [-0.05, 0) is 30.7 Å². The molecule has 1 aliphatic rings. The first kappa shape index (κ1) is 20.6. The van der Waals surface area contributed by atoms with Gasteiger partial charge in [0, 0.05) is 31.2 Å². The molecular weight excluding hydrogens is 395 g/mol. The topological polar surface area (TPSA) is 59.4 Å². The van der Waals surface area contributed by atoms with Crippen LogP contribution in [-0.2, 0) is 4.79 Å². The van der Waals surface area contributed by atoms with Gasteiger partial charge in [-0.15, -0.1) is 0 Å². The number of amides is 1. The Hall–Kier alpha value is -2.10. The van der Waals surface area contributed by atoms with E-state index in [0.717, 1.165) is 18.7 Å². The monoisotopic (exact) mass is 416 g/mol. The van der Waals surface area contributed by atoms with Gasteiger partial charge in [-0.1, -0.05) is 53.5 Å². The first-order chi connectivity index (χ1) is 13.5. The quantitative estimate of drug-likeness (QED) is 0.792. The lowest BCUT2D eigenvalue weighted by atomic mass is 10.1. The summed E-state index contributed by atoms with van der Waals surface area (Å²) in [7, 11) is 0. The molecule has 2 unspecified atom stereocenters. The maximum Gasteiger partial charge on any atom is 0.241 e. The van der Waals surface area contributed by atoms with Crippen molar-refractivity contribution >= 4 is 34.8 Å². The van der Waals surface area contributed by atoms with Gasteiger partial charge in [0.15, 0.2) is 0 Å². The number of piperazine rings is 1. The van der Waals surface area contributed by atoms with Gasteiger partial charge < -0.3 is 5.32 Å². The molecule has 0 radical (unpaired) electrons. The third-order valence-corrected chi connectivity index (χ3v) is 5.62. The molecule has 0 spiro atoms. The number of nitriles is 1. The fourth-order valence-corrected chi connectivity index (χ4v) is 3.83. The summed E-state index contributed by atoms with van der Waals surface area (Å²) in [6.45, 7) is 4.77. The van der Waals surface area contributed by atoms with Crippen LogP contribution >= 0.6 is 23.2 Å². The molecule has 1 aliphatic heterocycles. The lowest BCUT2D eigenvalue weighted by Crippen LogP contribution is -2.53. The van der Waals surface area contributed by atoms with Gasteiger partial charge in [0.25, 0.3) is 0 Å². The van der Waals surface area contributed by atoms with Crippen LogP contribution in [0, 0.1) is 11.3 Å². The van der Waals surface area contributed by atoms with E-state index in [1.54, 1.807) is 18.2 Å². The van der Waals surface area contributed by atoms with E-state index < -0.39 is 0 Å². The van der Waals surface area contributed by atoms with Crippen molar-refractivity contribution in [1.82, 2.24) is 9.80 Å². The summed E-state index contributed by atoms with van der Waals surface area (Å²) in [6, 6.07) is 16.6. The first-order valence-corrected chi connectivity index (χ1v) is 9.94. The smallest absolute Gasteiger partial charge is 0.241 e. The van der Waals surface area contributed by atoms with Crippen LogP contribution in [0.2, 0.25) is 10.0 Å². The molecule has 1 heterocycles. The molecule has 146 valence electrons. The van der Waals surface area contributed by atoms with Gasteiger partial charge in [-0.25, -0.2) is 0 Å². The molecule has 0 bridgehead atoms. The molecule has 0 saturated carbocycles. The lowest BCUT2D eigenvalue weighted by Gasteiger charge is -2.39. The number of nitrogens with zero attached hydrogens (tertiary/aromatic N) is 3. The molecule has 0 aromatic heterocycles. The first-order valence-electron chi connectivity index (χ1n) is 9.18. The highest BCUT2D eigenvalue weighted by Gasteiger charge is 2.29. The zero-order valence-electron chi connectivity index (χ0n) is 15.6. The number of halogens is 2. The predicted octanol–water partition coefficient (Wildman–Crippen LogP) is 4.20. The molecule has 7 heteroatoms. The number of hydrogen-bond acceptors (Lipinski definition) is 4. The largest absolute Gasteiger partial charge is 0.323 e. The summed E-state index contributed by atoms with van der Waals surface area (Å²) in [5.74, 6) is -0.113. The van der Waals surface area contributed by atoms with E-state index in [0.29, 0.717) is 28.8 Å². The highest BCUT2D eigenvalue weighted by Crippen LogP contribution is 2.26. The van der Waals surface area contributed by atoms with E-state index in [9.17, 15) is 10.1 Å². The minimum Gasteiger partial charge on any atom is -0.323 e. The molecule has 2 atom stereocenters. The summed E-state index contributed by atoms with van der Waals surface area (Å²) >= 11 is 12.0. The standard InChI is InChI=1S/C21H22Cl2N4O/c1-15(21(28)25-19-8-7-17(22)13-18(19)23)26-9-11-27(12-10-26)20(14-24)16-5-3-2-4-6-16/h2-8,13,15,20H,9-12H2,1H3,(H,25,28). The van der Waals surface area contributed by atoms with Crippen LogP contribution in [0.4, 0.5) is 5.69 Å². The van der Waals surface area contributed by atoms with Crippen LogP contribution in [0.5, 0.6) is 0 Å². The van der Waals surface area contributed by atoms with Crippen molar-refractivity contribution in [3.05, 3.63) is 64.1 Å². The fourth-order valence-electron chi connectivity index (χ4n) is 3.38. The number of hydrogen-bond donors (Lipinski definition) is 1. The minimum absolute atomic E-state index is 0.113. The Kier molecular flexibility index (Phi) is 6.93. The Balaban J connectivity index is 1.58. The molecule has 2 aromatic rings. The van der Waals surface area contributed by atoms with Crippen molar-refractivity contribution in [2.75, 3.05) is 31.5 Å². The van der Waals surface area contributed by atoms with Crippen molar-refractivity contribution in [3.63, 3.8) is 0 Å². The lowest BCUT2D eigenvalue weighted by molar-refractivity contribution is -0.121. The van der Waals surface area contributed by atoms with Crippen LogP contribution in [-0.4, -0.2) is 47.9 Å². The number of carbonyl (C=O) groups is 1. The highest BCUT2D eigenvalue weighted by atomic mass is 35.5. The number of carbonyl (C=O) groups excluding carboxylic acids is 1. The minimum atomic E-state index is -0.300. The fraction of sp³-hybridized carbons (Fsp3) is 0.333. The molecule has 1 saturated heterocycles. The molecule has 28 heavy (non-hydrogen) atoms. The van der Waals surface area contributed by atoms with Crippen LogP contribution in [0.15, 0.2) is 48.5 Å². The number of benzene rings is 2. The van der Waals surface area contributed by atoms with E-state index in [1.807, 2.05) is 37.3 Å². The maximum absolute atomic E-state index is 12.6. The van der Waals surface area contributed by atoms with Crippen LogP contribution in [0.1, 0.15) is 18.5 Å².